The number of halogens is 3. The smallest absolute Gasteiger partial charge is 0.251 e. The van der Waals surface area contributed by atoms with Crippen LogP contribution in [-0.2, 0) is 11.8 Å². The van der Waals surface area contributed by atoms with Crippen LogP contribution in [0.1, 0.15) is 23.2 Å². The Labute approximate surface area is 203 Å². The summed E-state index contributed by atoms with van der Waals surface area (Å²) in [6, 6.07) is 7.45. The quantitative estimate of drug-likeness (QED) is 0.439. The molecule has 180 valence electrons. The molecule has 0 unspecified atom stereocenters. The van der Waals surface area contributed by atoms with Gasteiger partial charge in [-0.15, -0.1) is 5.10 Å². The molecule has 1 aliphatic carbocycles. The highest BCUT2D eigenvalue weighted by atomic mass is 35.5. The third-order valence-electron chi connectivity index (χ3n) is 6.80. The van der Waals surface area contributed by atoms with Crippen LogP contribution in [0.5, 0.6) is 0 Å². The molecule has 2 saturated heterocycles. The SMILES string of the molecule is Cn1cc(-c2cccc(F)c2-c2nc3cc(C(=O)NC45COC(CO)(C4)C5)ccn3c2Cl)c(F)n1. The number of carbonyl (C=O) groups excluding carboxylic acids is 1. The molecule has 2 bridgehead atoms. The number of aryl methyl sites for hydroxylation is 1. The van der Waals surface area contributed by atoms with Crippen LogP contribution >= 0.6 is 11.6 Å². The predicted molar refractivity (Wildman–Crippen MR) is 123 cm³/mol. The van der Waals surface area contributed by atoms with Gasteiger partial charge in [0, 0.05) is 49.0 Å². The minimum absolute atomic E-state index is 0.0379. The van der Waals surface area contributed by atoms with Crippen molar-refractivity contribution in [3.05, 3.63) is 65.2 Å². The summed E-state index contributed by atoms with van der Waals surface area (Å²) in [5.74, 6) is -1.67. The fraction of sp³-hybridized carbons (Fsp3) is 0.292. The largest absolute Gasteiger partial charge is 0.393 e. The number of amides is 1. The maximum atomic E-state index is 15.1. The van der Waals surface area contributed by atoms with Gasteiger partial charge in [-0.1, -0.05) is 23.7 Å². The third-order valence-corrected chi connectivity index (χ3v) is 7.16. The summed E-state index contributed by atoms with van der Waals surface area (Å²) in [5.41, 5.74) is 0.182. The van der Waals surface area contributed by atoms with Gasteiger partial charge < -0.3 is 15.2 Å². The van der Waals surface area contributed by atoms with E-state index in [-0.39, 0.29) is 40.1 Å². The Morgan fingerprint density at radius 3 is 2.77 bits per heavy atom. The van der Waals surface area contributed by atoms with Crippen LogP contribution in [0.4, 0.5) is 8.78 Å². The zero-order chi connectivity index (χ0) is 24.5. The number of hydrogen-bond donors (Lipinski definition) is 2. The lowest BCUT2D eigenvalue weighted by Gasteiger charge is -2.43. The topological polar surface area (TPSA) is 93.7 Å². The maximum Gasteiger partial charge on any atom is 0.251 e. The Kier molecular flexibility index (Phi) is 4.79. The molecular weight excluding hydrogens is 480 g/mol. The molecule has 3 fully saturated rings. The minimum Gasteiger partial charge on any atom is -0.393 e. The molecule has 1 saturated carbocycles. The molecule has 2 aliphatic heterocycles. The maximum absolute atomic E-state index is 15.1. The zero-order valence-electron chi connectivity index (χ0n) is 18.6. The van der Waals surface area contributed by atoms with Crippen LogP contribution in [0.25, 0.3) is 28.0 Å². The number of carbonyl (C=O) groups is 1. The average molecular weight is 500 g/mol. The van der Waals surface area contributed by atoms with Gasteiger partial charge in [-0.05, 0) is 18.2 Å². The summed E-state index contributed by atoms with van der Waals surface area (Å²) < 4.78 is 38.0. The minimum atomic E-state index is -0.741. The van der Waals surface area contributed by atoms with Crippen LogP contribution in [0.15, 0.2) is 42.7 Å². The molecule has 0 radical (unpaired) electrons. The number of hydrogen-bond acceptors (Lipinski definition) is 5. The molecule has 1 amide bonds. The predicted octanol–water partition coefficient (Wildman–Crippen LogP) is 3.36. The fourth-order valence-corrected chi connectivity index (χ4v) is 5.50. The number of aliphatic hydroxyl groups is 1. The molecule has 0 spiro atoms. The van der Waals surface area contributed by atoms with Crippen LogP contribution < -0.4 is 5.32 Å². The van der Waals surface area contributed by atoms with Crippen molar-refractivity contribution in [2.45, 2.75) is 24.0 Å². The highest BCUT2D eigenvalue weighted by Gasteiger charge is 2.62. The van der Waals surface area contributed by atoms with Gasteiger partial charge in [0.2, 0.25) is 5.95 Å². The van der Waals surface area contributed by atoms with E-state index in [4.69, 9.17) is 16.3 Å². The molecule has 3 aromatic heterocycles. The lowest BCUT2D eigenvalue weighted by Crippen LogP contribution is -2.60. The van der Waals surface area contributed by atoms with E-state index < -0.39 is 22.9 Å². The van der Waals surface area contributed by atoms with E-state index in [1.165, 1.54) is 27.4 Å². The van der Waals surface area contributed by atoms with Gasteiger partial charge >= 0.3 is 0 Å². The van der Waals surface area contributed by atoms with Crippen LogP contribution in [-0.4, -0.2) is 54.5 Å². The molecule has 0 atom stereocenters. The number of rotatable bonds is 5. The fourth-order valence-electron chi connectivity index (χ4n) is 5.22. The van der Waals surface area contributed by atoms with Gasteiger partial charge in [0.1, 0.15) is 22.3 Å². The number of aliphatic hydroxyl groups excluding tert-OH is 1. The second-order valence-electron chi connectivity index (χ2n) is 9.28. The number of pyridine rings is 1. The van der Waals surface area contributed by atoms with E-state index in [9.17, 15) is 14.3 Å². The van der Waals surface area contributed by atoms with Crippen molar-refractivity contribution in [1.82, 2.24) is 24.5 Å². The number of imidazole rings is 1. The third kappa shape index (κ3) is 3.35. The number of nitrogens with one attached hydrogen (secondary N) is 1. The van der Waals surface area contributed by atoms with E-state index in [1.807, 2.05) is 0 Å². The molecule has 8 nitrogen and oxygen atoms in total. The molecule has 4 aromatic rings. The van der Waals surface area contributed by atoms with Crippen molar-refractivity contribution < 1.29 is 23.4 Å². The first-order valence-electron chi connectivity index (χ1n) is 11.0. The van der Waals surface area contributed by atoms with Gasteiger partial charge in [0.25, 0.3) is 5.91 Å². The van der Waals surface area contributed by atoms with Gasteiger partial charge in [-0.3, -0.25) is 13.9 Å². The van der Waals surface area contributed by atoms with Crippen molar-refractivity contribution in [2.75, 3.05) is 13.2 Å². The number of nitrogens with zero attached hydrogens (tertiary/aromatic N) is 4. The normalized spacial score (nSPS) is 23.0. The first kappa shape index (κ1) is 22.1. The van der Waals surface area contributed by atoms with Crippen molar-refractivity contribution in [1.29, 1.82) is 0 Å². The van der Waals surface area contributed by atoms with Gasteiger partial charge in [-0.2, -0.15) is 4.39 Å². The lowest BCUT2D eigenvalue weighted by atomic mass is 9.68. The van der Waals surface area contributed by atoms with Crippen LogP contribution in [0.3, 0.4) is 0 Å². The number of fused-ring (bicyclic) bond motifs is 2. The van der Waals surface area contributed by atoms with Gasteiger partial charge in [-0.25, -0.2) is 9.37 Å². The highest BCUT2D eigenvalue weighted by Crippen LogP contribution is 2.51. The lowest BCUT2D eigenvalue weighted by molar-refractivity contribution is -0.0494. The Bertz CT molecular complexity index is 1510. The van der Waals surface area contributed by atoms with Crippen molar-refractivity contribution in [3.8, 4) is 22.4 Å². The monoisotopic (exact) mass is 499 g/mol. The first-order chi connectivity index (χ1) is 16.7. The molecule has 3 aliphatic rings. The Hall–Kier alpha value is -3.34. The molecule has 2 N–H and O–H groups in total. The van der Waals surface area contributed by atoms with E-state index in [0.29, 0.717) is 30.7 Å². The number of aromatic nitrogens is 4. The van der Waals surface area contributed by atoms with Crippen molar-refractivity contribution >= 4 is 23.2 Å². The van der Waals surface area contributed by atoms with Crippen LogP contribution in [0, 0.1) is 11.8 Å². The van der Waals surface area contributed by atoms with Gasteiger partial charge in [0.05, 0.1) is 29.9 Å². The number of benzene rings is 1. The van der Waals surface area contributed by atoms with Crippen molar-refractivity contribution in [3.63, 3.8) is 0 Å². The molecule has 35 heavy (non-hydrogen) atoms. The van der Waals surface area contributed by atoms with E-state index >= 15 is 4.39 Å². The summed E-state index contributed by atoms with van der Waals surface area (Å²) in [6.45, 7) is 0.273. The summed E-state index contributed by atoms with van der Waals surface area (Å²) in [4.78, 5) is 17.4. The average Bonchev–Trinajstić information content (AvgIpc) is 3.54. The summed E-state index contributed by atoms with van der Waals surface area (Å²) in [7, 11) is 1.57. The van der Waals surface area contributed by atoms with E-state index in [1.54, 1.807) is 31.4 Å². The Morgan fingerprint density at radius 2 is 2.09 bits per heavy atom. The molecule has 11 heteroatoms. The second-order valence-corrected chi connectivity index (χ2v) is 9.64. The number of ether oxygens (including phenoxy) is 1. The molecular formula is C24H20ClF2N5O3. The first-order valence-corrected chi connectivity index (χ1v) is 11.3. The molecule has 5 heterocycles. The second kappa shape index (κ2) is 7.58. The standard InChI is InChI=1S/C24H20ClF2N5O3/c1-31-8-15(21(27)30-31)14-3-2-4-16(26)18(14)19-20(25)32-6-5-13(7-17(32)28-19)22(34)29-23-9-24(10-23,11-33)35-12-23/h2-8,33H,9-12H2,1H3,(H,29,34). The van der Waals surface area contributed by atoms with Crippen molar-refractivity contribution in [2.24, 2.45) is 7.05 Å². The van der Waals surface area contributed by atoms with E-state index in [2.05, 4.69) is 15.4 Å². The molecule has 1 aromatic carbocycles. The molecule has 7 rings (SSSR count). The van der Waals surface area contributed by atoms with E-state index in [0.717, 1.165) is 0 Å². The summed E-state index contributed by atoms with van der Waals surface area (Å²) in [6.07, 6.45) is 4.16. The summed E-state index contributed by atoms with van der Waals surface area (Å²) in [5, 5.41) is 16.3. The summed E-state index contributed by atoms with van der Waals surface area (Å²) >= 11 is 6.58. The zero-order valence-corrected chi connectivity index (χ0v) is 19.3. The highest BCUT2D eigenvalue weighted by molar-refractivity contribution is 6.32. The van der Waals surface area contributed by atoms with Crippen LogP contribution in [0.2, 0.25) is 5.15 Å². The van der Waals surface area contributed by atoms with Gasteiger partial charge in [0.15, 0.2) is 0 Å². The Morgan fingerprint density at radius 1 is 1.29 bits per heavy atom. The Balaban J connectivity index is 1.37.